The zero-order valence-electron chi connectivity index (χ0n) is 32.6. The van der Waals surface area contributed by atoms with Gasteiger partial charge < -0.3 is 13.9 Å². The van der Waals surface area contributed by atoms with Crippen molar-refractivity contribution in [2.75, 3.05) is 0 Å². The number of hydrogen-bond donors (Lipinski definition) is 0. The second-order valence-electron chi connectivity index (χ2n) is 16.0. The molecule has 4 heteroatoms. The van der Waals surface area contributed by atoms with Crippen LogP contribution in [0.1, 0.15) is 0 Å². The second-order valence-corrected chi connectivity index (χ2v) is 19.7. The summed E-state index contributed by atoms with van der Waals surface area (Å²) in [5, 5.41) is 15.3. The molecule has 0 bridgehead atoms. The number of fused-ring (bicyclic) bond motifs is 11. The quantitative estimate of drug-likeness (QED) is 0.129. The Labute approximate surface area is 347 Å². The maximum absolute atomic E-state index is 7.13. The summed E-state index contributed by atoms with van der Waals surface area (Å²) in [5.41, 5.74) is 7.00. The normalized spacial score (nSPS) is 14.9. The van der Waals surface area contributed by atoms with E-state index in [1.807, 2.05) is 0 Å². The summed E-state index contributed by atoms with van der Waals surface area (Å²) >= 11 is 0. The standard InChI is InChI=1S/C56H36N2OSi/c1-2-16-41-37(15-1)35-56(47-22-4-3-17-42(41)47)60(40-32-29-38(30-33-40)57-48-23-9-5-18-43(48)44-19-6-10-24-49(44)57)54-28-14-13-27-52(54)59-53-36-39(31-34-55(53)60)58-50-25-11-7-20-45(50)46-21-8-12-26-51(46)58/h1-36H. The predicted molar refractivity (Wildman–Crippen MR) is 254 cm³/mol. The van der Waals surface area contributed by atoms with Gasteiger partial charge in [-0.2, -0.15) is 0 Å². The lowest BCUT2D eigenvalue weighted by atomic mass is 10.0. The lowest BCUT2D eigenvalue weighted by Crippen LogP contribution is -2.76. The molecule has 0 N–H and O–H groups in total. The van der Waals surface area contributed by atoms with Gasteiger partial charge in [-0.05, 0) is 90.8 Å². The average molecular weight is 781 g/mol. The third-order valence-corrected chi connectivity index (χ3v) is 17.9. The molecule has 12 aromatic rings. The van der Waals surface area contributed by atoms with Gasteiger partial charge in [0.05, 0.1) is 22.1 Å². The zero-order chi connectivity index (χ0) is 39.4. The Kier molecular flexibility index (Phi) is 7.03. The minimum atomic E-state index is -3.13. The van der Waals surface area contributed by atoms with Crippen molar-refractivity contribution in [3.63, 3.8) is 0 Å². The maximum Gasteiger partial charge on any atom is 0.188 e. The van der Waals surface area contributed by atoms with Gasteiger partial charge in [-0.3, -0.25) is 0 Å². The predicted octanol–water partition coefficient (Wildman–Crippen LogP) is 11.7. The molecule has 0 radical (unpaired) electrons. The highest BCUT2D eigenvalue weighted by atomic mass is 28.3. The van der Waals surface area contributed by atoms with Crippen LogP contribution in [0.4, 0.5) is 0 Å². The Morgan fingerprint density at radius 2 is 0.750 bits per heavy atom. The Morgan fingerprint density at radius 3 is 1.37 bits per heavy atom. The van der Waals surface area contributed by atoms with Gasteiger partial charge >= 0.3 is 0 Å². The molecule has 3 nitrogen and oxygen atoms in total. The largest absolute Gasteiger partial charge is 0.457 e. The van der Waals surface area contributed by atoms with Crippen LogP contribution >= 0.6 is 0 Å². The molecule has 1 atom stereocenters. The van der Waals surface area contributed by atoms with Crippen molar-refractivity contribution < 1.29 is 4.74 Å². The van der Waals surface area contributed by atoms with Gasteiger partial charge in [0.15, 0.2) is 8.07 Å². The summed E-state index contributed by atoms with van der Waals surface area (Å²) < 4.78 is 11.9. The van der Waals surface area contributed by atoms with E-state index < -0.39 is 8.07 Å². The SMILES string of the molecule is c1ccc2c(c1)Oc1cc(-n3c4ccccc4c4ccccc43)ccc1[Si]2(c1ccc(-n2c3ccccc3c3ccccc32)cc1)c1cc2ccccc2c2ccccc12. The molecule has 0 aliphatic carbocycles. The van der Waals surface area contributed by atoms with Crippen molar-refractivity contribution in [1.29, 1.82) is 0 Å². The van der Waals surface area contributed by atoms with Crippen molar-refractivity contribution in [2.24, 2.45) is 0 Å². The number of aromatic nitrogens is 2. The second kappa shape index (κ2) is 12.7. The smallest absolute Gasteiger partial charge is 0.188 e. The molecule has 0 saturated heterocycles. The number of hydrogen-bond acceptors (Lipinski definition) is 1. The summed E-state index contributed by atoms with van der Waals surface area (Å²) in [4.78, 5) is 0. The minimum Gasteiger partial charge on any atom is -0.457 e. The van der Waals surface area contributed by atoms with Gasteiger partial charge in [-0.15, -0.1) is 0 Å². The van der Waals surface area contributed by atoms with E-state index in [0.29, 0.717) is 0 Å². The molecule has 13 rings (SSSR count). The third kappa shape index (κ3) is 4.54. The van der Waals surface area contributed by atoms with Gasteiger partial charge in [0, 0.05) is 39.0 Å². The van der Waals surface area contributed by atoms with Crippen molar-refractivity contribution in [3.05, 3.63) is 218 Å². The van der Waals surface area contributed by atoms with Crippen molar-refractivity contribution in [3.8, 4) is 22.9 Å². The van der Waals surface area contributed by atoms with Gasteiger partial charge in [-0.25, -0.2) is 0 Å². The number of benzene rings is 10. The molecule has 1 unspecified atom stereocenters. The molecule has 0 spiro atoms. The van der Waals surface area contributed by atoms with Crippen molar-refractivity contribution >= 4 is 94.0 Å². The molecule has 10 aromatic carbocycles. The van der Waals surface area contributed by atoms with E-state index in [-0.39, 0.29) is 0 Å². The van der Waals surface area contributed by atoms with E-state index in [4.69, 9.17) is 4.74 Å². The van der Waals surface area contributed by atoms with Crippen LogP contribution in [0.25, 0.3) is 76.5 Å². The number of nitrogens with zero attached hydrogens (tertiary/aromatic N) is 2. The molecule has 0 fully saturated rings. The summed E-state index contributed by atoms with van der Waals surface area (Å²) in [6.07, 6.45) is 0. The van der Waals surface area contributed by atoms with Gasteiger partial charge in [0.25, 0.3) is 0 Å². The Morgan fingerprint density at radius 1 is 0.300 bits per heavy atom. The molecule has 60 heavy (non-hydrogen) atoms. The first-order chi connectivity index (χ1) is 29.8. The first-order valence-corrected chi connectivity index (χ1v) is 22.7. The molecule has 280 valence electrons. The van der Waals surface area contributed by atoms with Crippen LogP contribution in [0.3, 0.4) is 0 Å². The van der Waals surface area contributed by atoms with Gasteiger partial charge in [0.1, 0.15) is 11.5 Å². The van der Waals surface area contributed by atoms with E-state index in [0.717, 1.165) is 22.9 Å². The number of rotatable bonds is 4. The Hall–Kier alpha value is -7.66. The fourth-order valence-corrected chi connectivity index (χ4v) is 15.7. The van der Waals surface area contributed by atoms with Crippen LogP contribution in [0, 0.1) is 0 Å². The fourth-order valence-electron chi connectivity index (χ4n) is 10.6. The molecule has 0 amide bonds. The zero-order valence-corrected chi connectivity index (χ0v) is 33.6. The van der Waals surface area contributed by atoms with Crippen LogP contribution in [0.5, 0.6) is 11.5 Å². The third-order valence-electron chi connectivity index (χ3n) is 13.0. The van der Waals surface area contributed by atoms with Crippen LogP contribution in [-0.4, -0.2) is 17.2 Å². The van der Waals surface area contributed by atoms with E-state index >= 15 is 0 Å². The molecular formula is C56H36N2OSi. The summed E-state index contributed by atoms with van der Waals surface area (Å²) in [6, 6.07) is 80.6. The highest BCUT2D eigenvalue weighted by molar-refractivity contribution is 7.21. The van der Waals surface area contributed by atoms with E-state index in [1.165, 1.54) is 85.9 Å². The van der Waals surface area contributed by atoms with Crippen LogP contribution in [-0.2, 0) is 0 Å². The first-order valence-electron chi connectivity index (χ1n) is 20.7. The summed E-state index contributed by atoms with van der Waals surface area (Å²) in [7, 11) is -3.13. The van der Waals surface area contributed by atoms with Crippen LogP contribution < -0.4 is 25.5 Å². The molecule has 1 aliphatic heterocycles. The average Bonchev–Trinajstić information content (AvgIpc) is 3.84. The number of ether oxygens (including phenoxy) is 1. The number of para-hydroxylation sites is 5. The van der Waals surface area contributed by atoms with Gasteiger partial charge in [0.2, 0.25) is 0 Å². The maximum atomic E-state index is 7.13. The van der Waals surface area contributed by atoms with E-state index in [9.17, 15) is 0 Å². The summed E-state index contributed by atoms with van der Waals surface area (Å²) in [6.45, 7) is 0. The minimum absolute atomic E-state index is 0.906. The lowest BCUT2D eigenvalue weighted by molar-refractivity contribution is 0.487. The van der Waals surface area contributed by atoms with Crippen LogP contribution in [0.15, 0.2) is 218 Å². The monoisotopic (exact) mass is 780 g/mol. The fraction of sp³-hybridized carbons (Fsp3) is 0. The molecule has 2 aromatic heterocycles. The van der Waals surface area contributed by atoms with Crippen molar-refractivity contribution in [1.82, 2.24) is 9.13 Å². The highest BCUT2D eigenvalue weighted by Crippen LogP contribution is 2.38. The van der Waals surface area contributed by atoms with Crippen molar-refractivity contribution in [2.45, 2.75) is 0 Å². The molecule has 1 aliphatic rings. The topological polar surface area (TPSA) is 19.1 Å². The Balaban J connectivity index is 1.13. The van der Waals surface area contributed by atoms with E-state index in [1.54, 1.807) is 0 Å². The summed E-state index contributed by atoms with van der Waals surface area (Å²) in [5.74, 6) is 1.82. The molecule has 0 saturated carbocycles. The first kappa shape index (κ1) is 33.3. The van der Waals surface area contributed by atoms with Crippen LogP contribution in [0.2, 0.25) is 0 Å². The van der Waals surface area contributed by atoms with E-state index in [2.05, 4.69) is 228 Å². The lowest BCUT2D eigenvalue weighted by Gasteiger charge is -2.40. The highest BCUT2D eigenvalue weighted by Gasteiger charge is 2.49. The molecular weight excluding hydrogens is 745 g/mol. The Bertz CT molecular complexity index is 3600. The molecule has 3 heterocycles. The van der Waals surface area contributed by atoms with Gasteiger partial charge in [-0.1, -0.05) is 164 Å².